The largest absolute Gasteiger partial charge is 0.343 e. The van der Waals surface area contributed by atoms with E-state index in [1.54, 1.807) is 0 Å². The van der Waals surface area contributed by atoms with Crippen molar-refractivity contribution >= 4 is 5.91 Å². The summed E-state index contributed by atoms with van der Waals surface area (Å²) in [7, 11) is 0. The Morgan fingerprint density at radius 3 is 2.50 bits per heavy atom. The molecule has 3 heterocycles. The third-order valence-corrected chi connectivity index (χ3v) is 6.39. The van der Waals surface area contributed by atoms with Gasteiger partial charge in [-0.05, 0) is 62.3 Å². The monoisotopic (exact) mass is 326 g/mol. The van der Waals surface area contributed by atoms with Crippen LogP contribution in [0.4, 0.5) is 0 Å². The first kappa shape index (κ1) is 16.1. The van der Waals surface area contributed by atoms with E-state index in [1.807, 2.05) is 0 Å². The third-order valence-electron chi connectivity index (χ3n) is 6.39. The van der Waals surface area contributed by atoms with E-state index < -0.39 is 0 Å². The molecular weight excluding hydrogens is 296 g/mol. The minimum Gasteiger partial charge on any atom is -0.343 e. The van der Waals surface area contributed by atoms with Crippen molar-refractivity contribution in [2.75, 3.05) is 13.1 Å². The molecule has 2 bridgehead atoms. The van der Waals surface area contributed by atoms with Gasteiger partial charge < -0.3 is 10.2 Å². The van der Waals surface area contributed by atoms with Crippen molar-refractivity contribution in [1.82, 2.24) is 10.2 Å². The Labute approximate surface area is 145 Å². The molecule has 3 saturated heterocycles. The second-order valence-electron chi connectivity index (χ2n) is 8.10. The molecule has 4 rings (SSSR count). The fourth-order valence-electron chi connectivity index (χ4n) is 5.12. The van der Waals surface area contributed by atoms with Gasteiger partial charge in [0.25, 0.3) is 0 Å². The van der Waals surface area contributed by atoms with Gasteiger partial charge in [-0.15, -0.1) is 0 Å². The highest BCUT2D eigenvalue weighted by molar-refractivity contribution is 5.76. The number of likely N-dealkylation sites (tertiary alicyclic amines) is 1. The number of hydrogen-bond donors (Lipinski definition) is 1. The lowest BCUT2D eigenvalue weighted by atomic mass is 9.89. The molecule has 1 amide bonds. The molecule has 3 unspecified atom stereocenters. The highest BCUT2D eigenvalue weighted by Crippen LogP contribution is 2.34. The van der Waals surface area contributed by atoms with E-state index >= 15 is 0 Å². The van der Waals surface area contributed by atoms with Crippen LogP contribution in [0.25, 0.3) is 0 Å². The van der Waals surface area contributed by atoms with Crippen LogP contribution < -0.4 is 5.32 Å². The number of carbonyl (C=O) groups is 1. The van der Waals surface area contributed by atoms with Crippen LogP contribution in [0.5, 0.6) is 0 Å². The Hall–Kier alpha value is -1.35. The first-order chi connectivity index (χ1) is 11.8. The predicted molar refractivity (Wildman–Crippen MR) is 96.9 cm³/mol. The van der Waals surface area contributed by atoms with Crippen LogP contribution in [-0.2, 0) is 4.79 Å². The number of amides is 1. The Morgan fingerprint density at radius 1 is 1.00 bits per heavy atom. The van der Waals surface area contributed by atoms with Gasteiger partial charge in [-0.2, -0.15) is 0 Å². The zero-order chi connectivity index (χ0) is 16.4. The maximum Gasteiger partial charge on any atom is 0.222 e. The molecule has 3 heteroatoms. The molecule has 0 radical (unpaired) electrons. The van der Waals surface area contributed by atoms with Gasteiger partial charge in [-0.1, -0.05) is 30.3 Å². The van der Waals surface area contributed by atoms with Gasteiger partial charge in [-0.25, -0.2) is 0 Å². The lowest BCUT2D eigenvalue weighted by molar-refractivity contribution is -0.132. The lowest BCUT2D eigenvalue weighted by Crippen LogP contribution is -2.40. The Balaban J connectivity index is 1.31. The third kappa shape index (κ3) is 3.66. The van der Waals surface area contributed by atoms with E-state index in [2.05, 4.69) is 40.5 Å². The summed E-state index contributed by atoms with van der Waals surface area (Å²) in [6, 6.07) is 12.2. The standard InChI is InChI=1S/C21H30N2O/c24-21(15-16-13-19-8-9-20(14-16)22-19)23-11-4-7-18(10-12-23)17-5-2-1-3-6-17/h1-3,5-6,16,18-20,22H,4,7-15H2. The SMILES string of the molecule is O=C(CC1CC2CCC(C1)N2)N1CCCC(c2ccccc2)CC1. The quantitative estimate of drug-likeness (QED) is 0.918. The van der Waals surface area contributed by atoms with Crippen molar-refractivity contribution in [2.24, 2.45) is 5.92 Å². The molecule has 24 heavy (non-hydrogen) atoms. The highest BCUT2D eigenvalue weighted by Gasteiger charge is 2.35. The summed E-state index contributed by atoms with van der Waals surface area (Å²) in [5, 5.41) is 3.68. The fraction of sp³-hybridized carbons (Fsp3) is 0.667. The number of hydrogen-bond acceptors (Lipinski definition) is 2. The second-order valence-corrected chi connectivity index (χ2v) is 8.10. The normalized spacial score (nSPS) is 33.2. The fourth-order valence-corrected chi connectivity index (χ4v) is 5.12. The summed E-state index contributed by atoms with van der Waals surface area (Å²) in [6.07, 6.45) is 9.31. The van der Waals surface area contributed by atoms with E-state index in [0.29, 0.717) is 29.8 Å². The number of nitrogens with zero attached hydrogens (tertiary/aromatic N) is 1. The van der Waals surface area contributed by atoms with Gasteiger partial charge in [0.2, 0.25) is 5.91 Å². The van der Waals surface area contributed by atoms with Crippen molar-refractivity contribution in [1.29, 1.82) is 0 Å². The molecule has 3 fully saturated rings. The molecule has 3 aliphatic rings. The van der Waals surface area contributed by atoms with Gasteiger partial charge in [0.05, 0.1) is 0 Å². The molecule has 130 valence electrons. The summed E-state index contributed by atoms with van der Waals surface area (Å²) in [5.41, 5.74) is 1.45. The average Bonchev–Trinajstić information content (AvgIpc) is 2.82. The van der Waals surface area contributed by atoms with E-state index in [-0.39, 0.29) is 0 Å². The van der Waals surface area contributed by atoms with E-state index in [1.165, 1.54) is 37.7 Å². The number of benzene rings is 1. The van der Waals surface area contributed by atoms with Gasteiger partial charge in [0, 0.05) is 31.6 Å². The predicted octanol–water partition coefficient (Wildman–Crippen LogP) is 3.70. The number of fused-ring (bicyclic) bond motifs is 2. The first-order valence-corrected chi connectivity index (χ1v) is 9.86. The molecule has 0 aliphatic carbocycles. The molecule has 0 aromatic heterocycles. The van der Waals surface area contributed by atoms with Gasteiger partial charge in [-0.3, -0.25) is 4.79 Å². The van der Waals surface area contributed by atoms with Crippen LogP contribution >= 0.6 is 0 Å². The smallest absolute Gasteiger partial charge is 0.222 e. The van der Waals surface area contributed by atoms with Crippen LogP contribution in [0.1, 0.15) is 62.8 Å². The van der Waals surface area contributed by atoms with Crippen LogP contribution in [0, 0.1) is 5.92 Å². The van der Waals surface area contributed by atoms with Crippen LogP contribution in [0.15, 0.2) is 30.3 Å². The molecule has 3 nitrogen and oxygen atoms in total. The molecule has 1 aromatic rings. The topological polar surface area (TPSA) is 32.3 Å². The molecule has 0 spiro atoms. The molecule has 3 atom stereocenters. The minimum absolute atomic E-state index is 0.412. The van der Waals surface area contributed by atoms with Crippen LogP contribution in [-0.4, -0.2) is 36.0 Å². The van der Waals surface area contributed by atoms with E-state index in [0.717, 1.165) is 32.4 Å². The summed E-state index contributed by atoms with van der Waals surface area (Å²) in [4.78, 5) is 15.0. The average molecular weight is 326 g/mol. The van der Waals surface area contributed by atoms with Gasteiger partial charge in [0.1, 0.15) is 0 Å². The van der Waals surface area contributed by atoms with E-state index in [9.17, 15) is 4.79 Å². The Morgan fingerprint density at radius 2 is 1.75 bits per heavy atom. The molecular formula is C21H30N2O. The summed E-state index contributed by atoms with van der Waals surface area (Å²) < 4.78 is 0. The van der Waals surface area contributed by atoms with Crippen molar-refractivity contribution in [3.63, 3.8) is 0 Å². The highest BCUT2D eigenvalue weighted by atomic mass is 16.2. The molecule has 3 aliphatic heterocycles. The summed E-state index contributed by atoms with van der Waals surface area (Å²) in [5.74, 6) is 1.65. The van der Waals surface area contributed by atoms with Crippen molar-refractivity contribution in [3.05, 3.63) is 35.9 Å². The number of carbonyl (C=O) groups excluding carboxylic acids is 1. The maximum atomic E-state index is 12.8. The zero-order valence-electron chi connectivity index (χ0n) is 14.6. The number of piperidine rings is 1. The Bertz CT molecular complexity index is 546. The zero-order valence-corrected chi connectivity index (χ0v) is 14.6. The van der Waals surface area contributed by atoms with Crippen molar-refractivity contribution in [3.8, 4) is 0 Å². The van der Waals surface area contributed by atoms with Gasteiger partial charge >= 0.3 is 0 Å². The molecule has 1 N–H and O–H groups in total. The summed E-state index contributed by atoms with van der Waals surface area (Å²) in [6.45, 7) is 1.90. The Kier molecular flexibility index (Phi) is 4.88. The lowest BCUT2D eigenvalue weighted by Gasteiger charge is -2.30. The molecule has 0 saturated carbocycles. The maximum absolute atomic E-state index is 12.8. The van der Waals surface area contributed by atoms with Gasteiger partial charge in [0.15, 0.2) is 0 Å². The van der Waals surface area contributed by atoms with Crippen LogP contribution in [0.3, 0.4) is 0 Å². The molecule has 1 aromatic carbocycles. The van der Waals surface area contributed by atoms with Crippen molar-refractivity contribution in [2.45, 2.75) is 69.4 Å². The number of nitrogens with one attached hydrogen (secondary N) is 1. The van der Waals surface area contributed by atoms with Crippen molar-refractivity contribution < 1.29 is 4.79 Å². The second kappa shape index (κ2) is 7.26. The summed E-state index contributed by atoms with van der Waals surface area (Å²) >= 11 is 0. The number of rotatable bonds is 3. The first-order valence-electron chi connectivity index (χ1n) is 9.86. The minimum atomic E-state index is 0.412. The van der Waals surface area contributed by atoms with E-state index in [4.69, 9.17) is 0 Å². The van der Waals surface area contributed by atoms with Crippen LogP contribution in [0.2, 0.25) is 0 Å².